The number of carbonyl (C=O) groups is 1. The molecule has 0 fully saturated rings. The third kappa shape index (κ3) is 5.62. The van der Waals surface area contributed by atoms with E-state index in [0.29, 0.717) is 30.3 Å². The van der Waals surface area contributed by atoms with Crippen molar-refractivity contribution in [3.63, 3.8) is 0 Å². The van der Waals surface area contributed by atoms with Gasteiger partial charge >= 0.3 is 5.97 Å². The monoisotopic (exact) mass is 390 g/mol. The van der Waals surface area contributed by atoms with Crippen LogP contribution in [0.5, 0.6) is 17.2 Å². The van der Waals surface area contributed by atoms with Gasteiger partial charge in [0, 0.05) is 23.3 Å². The summed E-state index contributed by atoms with van der Waals surface area (Å²) in [6.07, 6.45) is 2.56. The Morgan fingerprint density at radius 3 is 2.31 bits per heavy atom. The van der Waals surface area contributed by atoms with E-state index in [0.717, 1.165) is 23.0 Å². The van der Waals surface area contributed by atoms with Crippen molar-refractivity contribution in [2.24, 2.45) is 0 Å². The molecule has 3 rings (SSSR count). The maximum absolute atomic E-state index is 10.8. The van der Waals surface area contributed by atoms with Crippen LogP contribution in [0.4, 0.5) is 0 Å². The van der Waals surface area contributed by atoms with Crippen molar-refractivity contribution in [2.75, 3.05) is 20.3 Å². The molecule has 0 radical (unpaired) electrons. The minimum Gasteiger partial charge on any atom is -0.497 e. The lowest BCUT2D eigenvalue weighted by atomic mass is 10.1. The number of para-hydroxylation sites is 1. The third-order valence-electron chi connectivity index (χ3n) is 4.20. The van der Waals surface area contributed by atoms with Crippen molar-refractivity contribution >= 4 is 12.0 Å². The predicted octanol–water partition coefficient (Wildman–Crippen LogP) is 4.92. The zero-order valence-corrected chi connectivity index (χ0v) is 16.1. The molecule has 1 N–H and O–H groups in total. The Bertz CT molecular complexity index is 980. The molecular weight excluding hydrogens is 368 g/mol. The Kier molecular flexibility index (Phi) is 6.90. The number of hydrogen-bond acceptors (Lipinski definition) is 4. The fourth-order valence-electron chi connectivity index (χ4n) is 2.82. The summed E-state index contributed by atoms with van der Waals surface area (Å²) in [6, 6.07) is 23.1. The number of methoxy groups -OCH3 is 1. The predicted molar refractivity (Wildman–Crippen MR) is 113 cm³/mol. The van der Waals surface area contributed by atoms with Gasteiger partial charge < -0.3 is 19.3 Å². The molecule has 148 valence electrons. The molecule has 5 nitrogen and oxygen atoms in total. The van der Waals surface area contributed by atoms with E-state index in [1.165, 1.54) is 6.08 Å². The van der Waals surface area contributed by atoms with Crippen LogP contribution < -0.4 is 14.2 Å². The van der Waals surface area contributed by atoms with Crippen LogP contribution in [0.15, 0.2) is 78.9 Å². The molecule has 0 aliphatic heterocycles. The lowest BCUT2D eigenvalue weighted by molar-refractivity contribution is -0.131. The fraction of sp³-hybridized carbons (Fsp3) is 0.125. The summed E-state index contributed by atoms with van der Waals surface area (Å²) >= 11 is 0. The van der Waals surface area contributed by atoms with Gasteiger partial charge in [-0.2, -0.15) is 0 Å². The number of aliphatic carboxylic acids is 1. The van der Waals surface area contributed by atoms with Crippen molar-refractivity contribution in [1.29, 1.82) is 0 Å². The summed E-state index contributed by atoms with van der Waals surface area (Å²) in [7, 11) is 1.56. The highest BCUT2D eigenvalue weighted by atomic mass is 16.5. The highest BCUT2D eigenvalue weighted by Gasteiger charge is 2.07. The largest absolute Gasteiger partial charge is 0.497 e. The molecule has 0 saturated carbocycles. The van der Waals surface area contributed by atoms with E-state index in [4.69, 9.17) is 19.3 Å². The molecule has 0 spiro atoms. The highest BCUT2D eigenvalue weighted by Crippen LogP contribution is 2.30. The molecule has 3 aromatic carbocycles. The molecule has 29 heavy (non-hydrogen) atoms. The van der Waals surface area contributed by atoms with Gasteiger partial charge in [-0.1, -0.05) is 48.5 Å². The van der Waals surface area contributed by atoms with Crippen LogP contribution in [-0.2, 0) is 4.79 Å². The van der Waals surface area contributed by atoms with Crippen LogP contribution in [0.25, 0.3) is 17.2 Å². The number of carboxylic acid groups (broad SMARTS) is 1. The topological polar surface area (TPSA) is 65.0 Å². The Morgan fingerprint density at radius 1 is 0.897 bits per heavy atom. The van der Waals surface area contributed by atoms with Crippen LogP contribution >= 0.6 is 0 Å². The molecular formula is C24H22O5. The van der Waals surface area contributed by atoms with Gasteiger partial charge in [-0.15, -0.1) is 0 Å². The van der Waals surface area contributed by atoms with E-state index < -0.39 is 5.97 Å². The SMILES string of the molecule is COc1ccc(C=CC(=O)O)c(OCCOc2ccccc2-c2ccccc2)c1. The van der Waals surface area contributed by atoms with Gasteiger partial charge in [0.2, 0.25) is 0 Å². The van der Waals surface area contributed by atoms with E-state index in [2.05, 4.69) is 0 Å². The zero-order valence-electron chi connectivity index (χ0n) is 16.1. The van der Waals surface area contributed by atoms with E-state index in [1.54, 1.807) is 25.3 Å². The molecule has 0 aromatic heterocycles. The minimum atomic E-state index is -1.02. The molecule has 5 heteroatoms. The zero-order chi connectivity index (χ0) is 20.5. The van der Waals surface area contributed by atoms with Crippen molar-refractivity contribution < 1.29 is 24.1 Å². The number of ether oxygens (including phenoxy) is 3. The average Bonchev–Trinajstić information content (AvgIpc) is 2.76. The van der Waals surface area contributed by atoms with Crippen molar-refractivity contribution in [3.8, 4) is 28.4 Å². The summed E-state index contributed by atoms with van der Waals surface area (Å²) in [6.45, 7) is 0.632. The normalized spacial score (nSPS) is 10.7. The number of hydrogen-bond donors (Lipinski definition) is 1. The van der Waals surface area contributed by atoms with Crippen molar-refractivity contribution in [1.82, 2.24) is 0 Å². The van der Waals surface area contributed by atoms with E-state index >= 15 is 0 Å². The Morgan fingerprint density at radius 2 is 1.59 bits per heavy atom. The van der Waals surface area contributed by atoms with Gasteiger partial charge in [-0.25, -0.2) is 4.79 Å². The van der Waals surface area contributed by atoms with Gasteiger partial charge in [0.05, 0.1) is 7.11 Å². The van der Waals surface area contributed by atoms with Crippen LogP contribution in [0.2, 0.25) is 0 Å². The summed E-state index contributed by atoms with van der Waals surface area (Å²) in [5.41, 5.74) is 2.75. The molecule has 0 aliphatic rings. The highest BCUT2D eigenvalue weighted by molar-refractivity contribution is 5.86. The summed E-state index contributed by atoms with van der Waals surface area (Å²) < 4.78 is 17.0. The molecule has 0 saturated heterocycles. The Balaban J connectivity index is 1.66. The average molecular weight is 390 g/mol. The van der Waals surface area contributed by atoms with E-state index in [1.807, 2.05) is 54.6 Å². The Hall–Kier alpha value is -3.73. The second kappa shape index (κ2) is 9.99. The number of rotatable bonds is 9. The summed E-state index contributed by atoms with van der Waals surface area (Å²) in [5, 5.41) is 8.85. The first-order valence-electron chi connectivity index (χ1n) is 9.16. The first-order valence-corrected chi connectivity index (χ1v) is 9.16. The van der Waals surface area contributed by atoms with Gasteiger partial charge in [-0.05, 0) is 29.8 Å². The van der Waals surface area contributed by atoms with E-state index in [-0.39, 0.29) is 0 Å². The van der Waals surface area contributed by atoms with Gasteiger partial charge in [0.15, 0.2) is 0 Å². The number of carboxylic acids is 1. The van der Waals surface area contributed by atoms with Crippen LogP contribution in [-0.4, -0.2) is 31.4 Å². The lowest BCUT2D eigenvalue weighted by Gasteiger charge is -2.14. The molecule has 0 amide bonds. The standard InChI is InChI=1S/C24H22O5/c1-27-20-13-11-19(12-14-24(25)26)23(17-20)29-16-15-28-22-10-6-5-9-21(22)18-7-3-2-4-8-18/h2-14,17H,15-16H2,1H3,(H,25,26). The second-order valence-corrected chi connectivity index (χ2v) is 6.13. The first kappa shape index (κ1) is 20.0. The van der Waals surface area contributed by atoms with E-state index in [9.17, 15) is 4.79 Å². The molecule has 0 aliphatic carbocycles. The maximum atomic E-state index is 10.8. The summed E-state index contributed by atoms with van der Waals surface area (Å²) in [5.74, 6) is 0.913. The first-order chi connectivity index (χ1) is 14.2. The third-order valence-corrected chi connectivity index (χ3v) is 4.20. The fourth-order valence-corrected chi connectivity index (χ4v) is 2.82. The quantitative estimate of drug-likeness (QED) is 0.415. The molecule has 0 heterocycles. The molecule has 0 unspecified atom stereocenters. The van der Waals surface area contributed by atoms with Gasteiger partial charge in [0.1, 0.15) is 30.5 Å². The molecule has 3 aromatic rings. The second-order valence-electron chi connectivity index (χ2n) is 6.13. The maximum Gasteiger partial charge on any atom is 0.328 e. The summed E-state index contributed by atoms with van der Waals surface area (Å²) in [4.78, 5) is 10.8. The van der Waals surface area contributed by atoms with Crippen LogP contribution in [0.3, 0.4) is 0 Å². The van der Waals surface area contributed by atoms with Crippen molar-refractivity contribution in [2.45, 2.75) is 0 Å². The molecule has 0 atom stereocenters. The number of benzene rings is 3. The van der Waals surface area contributed by atoms with Crippen LogP contribution in [0, 0.1) is 0 Å². The Labute approximate surface area is 169 Å². The van der Waals surface area contributed by atoms with Gasteiger partial charge in [0.25, 0.3) is 0 Å². The molecule has 0 bridgehead atoms. The van der Waals surface area contributed by atoms with Crippen LogP contribution in [0.1, 0.15) is 5.56 Å². The lowest BCUT2D eigenvalue weighted by Crippen LogP contribution is -2.10. The minimum absolute atomic E-state index is 0.296. The smallest absolute Gasteiger partial charge is 0.328 e. The van der Waals surface area contributed by atoms with Crippen molar-refractivity contribution in [3.05, 3.63) is 84.4 Å². The van der Waals surface area contributed by atoms with Gasteiger partial charge in [-0.3, -0.25) is 0 Å².